The molecule has 1 aliphatic rings. The Balaban J connectivity index is 1.69. The fourth-order valence-electron chi connectivity index (χ4n) is 3.04. The van der Waals surface area contributed by atoms with E-state index in [-0.39, 0.29) is 30.0 Å². The second-order valence-electron chi connectivity index (χ2n) is 6.55. The number of amides is 1. The summed E-state index contributed by atoms with van der Waals surface area (Å²) in [5.41, 5.74) is 0.869. The molecule has 1 atom stereocenters. The molecule has 8 heteroatoms. The van der Waals surface area contributed by atoms with Crippen molar-refractivity contribution < 1.29 is 22.0 Å². The van der Waals surface area contributed by atoms with Crippen LogP contribution in [0.25, 0.3) is 0 Å². The lowest BCUT2D eigenvalue weighted by atomic mass is 10.2. The van der Waals surface area contributed by atoms with Crippen LogP contribution in [0.2, 0.25) is 0 Å². The van der Waals surface area contributed by atoms with E-state index >= 15 is 0 Å². The Morgan fingerprint density at radius 2 is 2.19 bits per heavy atom. The maximum Gasteiger partial charge on any atom is 0.238 e. The zero-order chi connectivity index (χ0) is 18.7. The topological polar surface area (TPSA) is 79.6 Å². The number of carbonyl (C=O) groups is 1. The van der Waals surface area contributed by atoms with Gasteiger partial charge in [-0.2, -0.15) is 0 Å². The van der Waals surface area contributed by atoms with Gasteiger partial charge >= 0.3 is 0 Å². The second-order valence-corrected chi connectivity index (χ2v) is 8.78. The number of halogens is 1. The lowest BCUT2D eigenvalue weighted by Gasteiger charge is -2.26. The number of hydrogen-bond donors (Lipinski definition) is 1. The SMILES string of the molecule is Cc1ccc(NC(=O)CN(Cc2ccco2)C2CCS(=O)(=O)C2)cc1F. The van der Waals surface area contributed by atoms with Crippen molar-refractivity contribution in [1.82, 2.24) is 4.90 Å². The van der Waals surface area contributed by atoms with Crippen molar-refractivity contribution in [3.05, 3.63) is 53.7 Å². The highest BCUT2D eigenvalue weighted by Crippen LogP contribution is 2.21. The number of benzene rings is 1. The lowest BCUT2D eigenvalue weighted by molar-refractivity contribution is -0.118. The number of carbonyl (C=O) groups excluding carboxylic acids is 1. The van der Waals surface area contributed by atoms with Crippen LogP contribution in [0.1, 0.15) is 17.7 Å². The van der Waals surface area contributed by atoms with Crippen molar-refractivity contribution in [2.24, 2.45) is 0 Å². The molecule has 1 unspecified atom stereocenters. The minimum atomic E-state index is -3.08. The summed E-state index contributed by atoms with van der Waals surface area (Å²) in [6.45, 7) is 1.98. The zero-order valence-corrected chi connectivity index (χ0v) is 15.3. The molecule has 3 rings (SSSR count). The average Bonchev–Trinajstić information content (AvgIpc) is 3.19. The molecule has 0 saturated carbocycles. The summed E-state index contributed by atoms with van der Waals surface area (Å²) in [7, 11) is -3.08. The van der Waals surface area contributed by atoms with Crippen molar-refractivity contribution in [3.8, 4) is 0 Å². The molecule has 0 radical (unpaired) electrons. The van der Waals surface area contributed by atoms with E-state index in [1.807, 2.05) is 0 Å². The second kappa shape index (κ2) is 7.59. The van der Waals surface area contributed by atoms with Crippen LogP contribution in [0.5, 0.6) is 0 Å². The quantitative estimate of drug-likeness (QED) is 0.832. The highest BCUT2D eigenvalue weighted by molar-refractivity contribution is 7.91. The standard InChI is InChI=1S/C18H21FN2O4S/c1-13-4-5-14(9-17(13)19)20-18(22)11-21(10-16-3-2-7-25-16)15-6-8-26(23,24)12-15/h2-5,7,9,15H,6,8,10-12H2,1H3,(H,20,22). The van der Waals surface area contributed by atoms with E-state index in [0.717, 1.165) is 0 Å². The summed E-state index contributed by atoms with van der Waals surface area (Å²) in [6.07, 6.45) is 2.02. The first-order valence-corrected chi connectivity index (χ1v) is 10.2. The van der Waals surface area contributed by atoms with Gasteiger partial charge in [-0.3, -0.25) is 9.69 Å². The summed E-state index contributed by atoms with van der Waals surface area (Å²) in [5.74, 6) is 0.0850. The van der Waals surface area contributed by atoms with Gasteiger partial charge in [-0.05, 0) is 43.2 Å². The molecule has 1 amide bonds. The van der Waals surface area contributed by atoms with Crippen LogP contribution in [0.3, 0.4) is 0 Å². The Morgan fingerprint density at radius 1 is 1.38 bits per heavy atom. The Bertz CT molecular complexity index is 881. The maximum atomic E-state index is 13.6. The van der Waals surface area contributed by atoms with Gasteiger partial charge in [-0.1, -0.05) is 6.07 Å². The first-order valence-electron chi connectivity index (χ1n) is 8.35. The molecule has 1 aromatic carbocycles. The van der Waals surface area contributed by atoms with Crippen molar-refractivity contribution in [3.63, 3.8) is 0 Å². The van der Waals surface area contributed by atoms with Gasteiger partial charge in [0, 0.05) is 11.7 Å². The van der Waals surface area contributed by atoms with Gasteiger partial charge in [-0.15, -0.1) is 0 Å². The molecule has 0 spiro atoms. The van der Waals surface area contributed by atoms with Gasteiger partial charge in [0.2, 0.25) is 5.91 Å². The number of aryl methyl sites for hydroxylation is 1. The number of sulfone groups is 1. The Kier molecular flexibility index (Phi) is 5.43. The van der Waals surface area contributed by atoms with Crippen LogP contribution in [0.15, 0.2) is 41.0 Å². The highest BCUT2D eigenvalue weighted by Gasteiger charge is 2.33. The van der Waals surface area contributed by atoms with Gasteiger partial charge in [0.15, 0.2) is 9.84 Å². The van der Waals surface area contributed by atoms with Gasteiger partial charge in [0.25, 0.3) is 0 Å². The van der Waals surface area contributed by atoms with Gasteiger partial charge in [0.1, 0.15) is 11.6 Å². The monoisotopic (exact) mass is 380 g/mol. The summed E-state index contributed by atoms with van der Waals surface area (Å²) in [6, 6.07) is 7.77. The summed E-state index contributed by atoms with van der Waals surface area (Å²) in [5, 5.41) is 2.66. The molecule has 1 fully saturated rings. The molecule has 2 heterocycles. The smallest absolute Gasteiger partial charge is 0.238 e. The van der Waals surface area contributed by atoms with Gasteiger partial charge in [0.05, 0.1) is 30.9 Å². The van der Waals surface area contributed by atoms with E-state index < -0.39 is 15.7 Å². The molecule has 1 N–H and O–H groups in total. The molecule has 2 aromatic rings. The predicted octanol–water partition coefficient (Wildman–Crippen LogP) is 2.35. The van der Waals surface area contributed by atoms with Crippen LogP contribution in [0, 0.1) is 12.7 Å². The van der Waals surface area contributed by atoms with Gasteiger partial charge in [-0.25, -0.2) is 12.8 Å². The fraction of sp³-hybridized carbons (Fsp3) is 0.389. The molecule has 1 saturated heterocycles. The molecule has 26 heavy (non-hydrogen) atoms. The Morgan fingerprint density at radius 3 is 2.81 bits per heavy atom. The first kappa shape index (κ1) is 18.6. The van der Waals surface area contributed by atoms with E-state index in [1.165, 1.54) is 12.3 Å². The van der Waals surface area contributed by atoms with E-state index in [2.05, 4.69) is 5.32 Å². The van der Waals surface area contributed by atoms with E-state index in [9.17, 15) is 17.6 Å². The number of nitrogens with one attached hydrogen (secondary N) is 1. The van der Waals surface area contributed by atoms with Crippen molar-refractivity contribution in [2.45, 2.75) is 25.9 Å². The molecule has 1 aliphatic heterocycles. The van der Waals surface area contributed by atoms with Gasteiger partial charge < -0.3 is 9.73 Å². The van der Waals surface area contributed by atoms with Crippen LogP contribution < -0.4 is 5.32 Å². The largest absolute Gasteiger partial charge is 0.468 e. The van der Waals surface area contributed by atoms with Crippen LogP contribution in [0.4, 0.5) is 10.1 Å². The minimum Gasteiger partial charge on any atom is -0.468 e. The minimum absolute atomic E-state index is 0.00359. The number of furan rings is 1. The van der Waals surface area contributed by atoms with E-state index in [0.29, 0.717) is 30.0 Å². The Hall–Kier alpha value is -2.19. The molecule has 6 nitrogen and oxygen atoms in total. The summed E-state index contributed by atoms with van der Waals surface area (Å²) >= 11 is 0. The van der Waals surface area contributed by atoms with Crippen LogP contribution in [-0.2, 0) is 21.2 Å². The molecular weight excluding hydrogens is 359 g/mol. The molecule has 1 aromatic heterocycles. The summed E-state index contributed by atoms with van der Waals surface area (Å²) < 4.78 is 42.6. The zero-order valence-electron chi connectivity index (χ0n) is 14.4. The van der Waals surface area contributed by atoms with E-state index in [4.69, 9.17) is 4.42 Å². The lowest BCUT2D eigenvalue weighted by Crippen LogP contribution is -2.41. The molecule has 0 aliphatic carbocycles. The maximum absolute atomic E-state index is 13.6. The number of hydrogen-bond acceptors (Lipinski definition) is 5. The van der Waals surface area contributed by atoms with Crippen molar-refractivity contribution in [2.75, 3.05) is 23.4 Å². The average molecular weight is 380 g/mol. The van der Waals surface area contributed by atoms with Crippen molar-refractivity contribution in [1.29, 1.82) is 0 Å². The number of anilines is 1. The van der Waals surface area contributed by atoms with E-state index in [1.54, 1.807) is 36.1 Å². The Labute approximate surface area is 151 Å². The predicted molar refractivity (Wildman–Crippen MR) is 95.9 cm³/mol. The summed E-state index contributed by atoms with van der Waals surface area (Å²) in [4.78, 5) is 14.2. The number of rotatable bonds is 6. The third kappa shape index (κ3) is 4.70. The third-order valence-corrected chi connectivity index (χ3v) is 6.22. The van der Waals surface area contributed by atoms with Crippen LogP contribution in [-0.4, -0.2) is 43.3 Å². The molecular formula is C18H21FN2O4S. The first-order chi connectivity index (χ1) is 12.3. The van der Waals surface area contributed by atoms with Crippen molar-refractivity contribution >= 4 is 21.4 Å². The molecule has 0 bridgehead atoms. The highest BCUT2D eigenvalue weighted by atomic mass is 32.2. The third-order valence-electron chi connectivity index (χ3n) is 4.47. The fourth-order valence-corrected chi connectivity index (χ4v) is 4.80. The van der Waals surface area contributed by atoms with Crippen LogP contribution >= 0.6 is 0 Å². The molecule has 140 valence electrons. The number of nitrogens with zero attached hydrogens (tertiary/aromatic N) is 1. The normalized spacial score (nSPS) is 19.0.